The van der Waals surface area contributed by atoms with Crippen LogP contribution in [0.4, 0.5) is 4.39 Å². The summed E-state index contributed by atoms with van der Waals surface area (Å²) in [7, 11) is 1.26. The van der Waals surface area contributed by atoms with Crippen molar-refractivity contribution in [1.82, 2.24) is 0 Å². The van der Waals surface area contributed by atoms with E-state index in [1.165, 1.54) is 13.2 Å². The van der Waals surface area contributed by atoms with Crippen LogP contribution in [0.15, 0.2) is 18.2 Å². The number of carbonyl (C=O) groups is 1. The number of rotatable bonds is 2. The molecule has 1 aliphatic rings. The lowest BCUT2D eigenvalue weighted by atomic mass is 10.1. The average Bonchev–Trinajstić information content (AvgIpc) is 3.01. The predicted octanol–water partition coefficient (Wildman–Crippen LogP) is 2.49. The summed E-state index contributed by atoms with van der Waals surface area (Å²) in [5, 5.41) is 0. The molecule has 0 aromatic heterocycles. The molecule has 0 saturated heterocycles. The molecule has 2 rings (SSSR count). The summed E-state index contributed by atoms with van der Waals surface area (Å²) in [6.45, 7) is 0. The Balaban J connectivity index is 2.36. The third kappa shape index (κ3) is 1.62. The number of hydrogen-bond donors (Lipinski definition) is 0. The Bertz CT molecular complexity index is 370. The molecular formula is C11H11FO2. The van der Waals surface area contributed by atoms with Gasteiger partial charge in [0.25, 0.3) is 0 Å². The Kier molecular flexibility index (Phi) is 2.23. The van der Waals surface area contributed by atoms with Gasteiger partial charge in [0.2, 0.25) is 0 Å². The third-order valence-electron chi connectivity index (χ3n) is 2.44. The summed E-state index contributed by atoms with van der Waals surface area (Å²) < 4.78 is 17.7. The molecule has 0 radical (unpaired) electrons. The summed E-state index contributed by atoms with van der Waals surface area (Å²) in [6.07, 6.45) is 2.26. The molecule has 0 aliphatic heterocycles. The van der Waals surface area contributed by atoms with Crippen LogP contribution in [0.25, 0.3) is 0 Å². The maximum atomic E-state index is 13.2. The van der Waals surface area contributed by atoms with E-state index in [1.807, 2.05) is 0 Å². The van der Waals surface area contributed by atoms with Crippen molar-refractivity contribution in [3.8, 4) is 0 Å². The lowest BCUT2D eigenvalue weighted by molar-refractivity contribution is 0.0595. The second kappa shape index (κ2) is 3.40. The molecule has 0 bridgehead atoms. The van der Waals surface area contributed by atoms with Crippen molar-refractivity contribution in [2.24, 2.45) is 0 Å². The molecule has 0 heterocycles. The van der Waals surface area contributed by atoms with Gasteiger partial charge in [-0.05, 0) is 36.5 Å². The molecule has 1 aromatic carbocycles. The zero-order valence-electron chi connectivity index (χ0n) is 7.92. The molecule has 1 fully saturated rings. The Morgan fingerprint density at radius 2 is 2.21 bits per heavy atom. The van der Waals surface area contributed by atoms with Crippen molar-refractivity contribution in [1.29, 1.82) is 0 Å². The molecule has 2 nitrogen and oxygen atoms in total. The molecule has 0 amide bonds. The zero-order chi connectivity index (χ0) is 10.1. The number of hydrogen-bond acceptors (Lipinski definition) is 2. The van der Waals surface area contributed by atoms with E-state index in [2.05, 4.69) is 4.74 Å². The van der Waals surface area contributed by atoms with Crippen LogP contribution in [0.5, 0.6) is 0 Å². The summed E-state index contributed by atoms with van der Waals surface area (Å²) in [6, 6.07) is 4.66. The molecule has 0 atom stereocenters. The fraction of sp³-hybridized carbons (Fsp3) is 0.364. The number of carbonyl (C=O) groups excluding carboxylic acids is 1. The Morgan fingerprint density at radius 3 is 2.79 bits per heavy atom. The van der Waals surface area contributed by atoms with Crippen molar-refractivity contribution in [3.05, 3.63) is 35.1 Å². The Morgan fingerprint density at radius 1 is 1.50 bits per heavy atom. The largest absolute Gasteiger partial charge is 0.465 e. The van der Waals surface area contributed by atoms with Gasteiger partial charge in [0.05, 0.1) is 12.7 Å². The van der Waals surface area contributed by atoms with Gasteiger partial charge >= 0.3 is 5.97 Å². The summed E-state index contributed by atoms with van der Waals surface area (Å²) in [5.74, 6) is -0.606. The van der Waals surface area contributed by atoms with Gasteiger partial charge in [0.15, 0.2) is 0 Å². The number of benzene rings is 1. The van der Waals surface area contributed by atoms with Crippen LogP contribution in [0.2, 0.25) is 0 Å². The number of halogens is 1. The highest BCUT2D eigenvalue weighted by molar-refractivity contribution is 5.89. The minimum Gasteiger partial charge on any atom is -0.465 e. The van der Waals surface area contributed by atoms with E-state index < -0.39 is 11.8 Å². The SMILES string of the molecule is COC(=O)c1cc(C2CC2)ccc1F. The third-order valence-corrected chi connectivity index (χ3v) is 2.44. The highest BCUT2D eigenvalue weighted by atomic mass is 19.1. The lowest BCUT2D eigenvalue weighted by Crippen LogP contribution is -2.04. The molecule has 74 valence electrons. The first-order valence-corrected chi connectivity index (χ1v) is 4.60. The van der Waals surface area contributed by atoms with E-state index >= 15 is 0 Å². The van der Waals surface area contributed by atoms with E-state index in [0.29, 0.717) is 5.92 Å². The number of methoxy groups -OCH3 is 1. The molecule has 1 saturated carbocycles. The van der Waals surface area contributed by atoms with Crippen LogP contribution in [0.1, 0.15) is 34.7 Å². The van der Waals surface area contributed by atoms with Gasteiger partial charge in [-0.2, -0.15) is 0 Å². The van der Waals surface area contributed by atoms with E-state index in [9.17, 15) is 9.18 Å². The topological polar surface area (TPSA) is 26.3 Å². The van der Waals surface area contributed by atoms with Gasteiger partial charge in [-0.1, -0.05) is 6.07 Å². The zero-order valence-corrected chi connectivity index (χ0v) is 7.92. The van der Waals surface area contributed by atoms with Gasteiger partial charge in [-0.15, -0.1) is 0 Å². The molecule has 14 heavy (non-hydrogen) atoms. The van der Waals surface area contributed by atoms with Crippen LogP contribution < -0.4 is 0 Å². The highest BCUT2D eigenvalue weighted by Gasteiger charge is 2.25. The van der Waals surface area contributed by atoms with Crippen molar-refractivity contribution >= 4 is 5.97 Å². The van der Waals surface area contributed by atoms with Gasteiger partial charge in [0, 0.05) is 0 Å². The molecule has 1 aromatic rings. The van der Waals surface area contributed by atoms with Gasteiger partial charge < -0.3 is 4.74 Å². The van der Waals surface area contributed by atoms with Crippen molar-refractivity contribution in [2.75, 3.05) is 7.11 Å². The molecule has 0 N–H and O–H groups in total. The minimum absolute atomic E-state index is 0.0388. The van der Waals surface area contributed by atoms with Gasteiger partial charge in [-0.3, -0.25) is 0 Å². The van der Waals surface area contributed by atoms with Gasteiger partial charge in [0.1, 0.15) is 5.82 Å². The standard InChI is InChI=1S/C11H11FO2/c1-14-11(13)9-6-8(7-2-3-7)4-5-10(9)12/h4-7H,2-3H2,1H3. The van der Waals surface area contributed by atoms with E-state index in [-0.39, 0.29) is 5.56 Å². The Hall–Kier alpha value is -1.38. The molecule has 1 aliphatic carbocycles. The smallest absolute Gasteiger partial charge is 0.340 e. The highest BCUT2D eigenvalue weighted by Crippen LogP contribution is 2.40. The lowest BCUT2D eigenvalue weighted by Gasteiger charge is -2.03. The van der Waals surface area contributed by atoms with Crippen LogP contribution in [-0.2, 0) is 4.74 Å². The van der Waals surface area contributed by atoms with Crippen molar-refractivity contribution in [3.63, 3.8) is 0 Å². The van der Waals surface area contributed by atoms with Gasteiger partial charge in [-0.25, -0.2) is 9.18 Å². The molecular weight excluding hydrogens is 183 g/mol. The number of esters is 1. The summed E-state index contributed by atoms with van der Waals surface area (Å²) >= 11 is 0. The number of ether oxygens (including phenoxy) is 1. The van der Waals surface area contributed by atoms with Crippen molar-refractivity contribution < 1.29 is 13.9 Å². The van der Waals surface area contributed by atoms with Crippen LogP contribution >= 0.6 is 0 Å². The molecule has 3 heteroatoms. The first kappa shape index (κ1) is 9.19. The quantitative estimate of drug-likeness (QED) is 0.676. The fourth-order valence-electron chi connectivity index (χ4n) is 1.48. The second-order valence-electron chi connectivity index (χ2n) is 3.51. The maximum Gasteiger partial charge on any atom is 0.340 e. The second-order valence-corrected chi connectivity index (χ2v) is 3.51. The predicted molar refractivity (Wildman–Crippen MR) is 49.7 cm³/mol. The molecule has 0 unspecified atom stereocenters. The van der Waals surface area contributed by atoms with E-state index in [4.69, 9.17) is 0 Å². The minimum atomic E-state index is -0.606. The maximum absolute atomic E-state index is 13.2. The van der Waals surface area contributed by atoms with E-state index in [0.717, 1.165) is 18.4 Å². The summed E-state index contributed by atoms with van der Waals surface area (Å²) in [5.41, 5.74) is 1.07. The van der Waals surface area contributed by atoms with Crippen LogP contribution in [0.3, 0.4) is 0 Å². The monoisotopic (exact) mass is 194 g/mol. The van der Waals surface area contributed by atoms with Crippen LogP contribution in [-0.4, -0.2) is 13.1 Å². The first-order valence-electron chi connectivity index (χ1n) is 4.60. The normalized spacial score (nSPS) is 15.3. The summed E-state index contributed by atoms with van der Waals surface area (Å²) in [4.78, 5) is 11.2. The van der Waals surface area contributed by atoms with E-state index in [1.54, 1.807) is 12.1 Å². The average molecular weight is 194 g/mol. The van der Waals surface area contributed by atoms with Crippen molar-refractivity contribution in [2.45, 2.75) is 18.8 Å². The Labute approximate surface area is 81.7 Å². The van der Waals surface area contributed by atoms with Crippen LogP contribution in [0, 0.1) is 5.82 Å². The first-order chi connectivity index (χ1) is 6.72. The molecule has 0 spiro atoms. The fourth-order valence-corrected chi connectivity index (χ4v) is 1.48.